The average Bonchev–Trinajstić information content (AvgIpc) is 2.97. The van der Waals surface area contributed by atoms with Gasteiger partial charge in [0.1, 0.15) is 0 Å². The molecule has 8 heteroatoms. The maximum Gasteiger partial charge on any atom is 0.231 e. The maximum atomic E-state index is 12.3. The van der Waals surface area contributed by atoms with Crippen LogP contribution < -0.4 is 15.2 Å². The second-order valence-electron chi connectivity index (χ2n) is 5.88. The molecule has 1 aliphatic heterocycles. The highest BCUT2D eigenvalue weighted by Crippen LogP contribution is 2.63. The predicted octanol–water partition coefficient (Wildman–Crippen LogP) is 1.23. The van der Waals surface area contributed by atoms with Crippen LogP contribution in [-0.2, 0) is 14.6 Å². The number of nitrogens with two attached hydrogens (primary N) is 1. The second kappa shape index (κ2) is 5.61. The number of hydrogen-bond donors (Lipinski definition) is 1. The van der Waals surface area contributed by atoms with Crippen LogP contribution in [0.25, 0.3) is 0 Å². The lowest BCUT2D eigenvalue weighted by molar-refractivity contribution is 0.121. The van der Waals surface area contributed by atoms with Gasteiger partial charge in [0.15, 0.2) is 21.3 Å². The van der Waals surface area contributed by atoms with Crippen LogP contribution in [-0.4, -0.2) is 44.9 Å². The summed E-state index contributed by atoms with van der Waals surface area (Å²) in [6, 6.07) is 5.42. The van der Waals surface area contributed by atoms with Crippen molar-refractivity contribution in [2.75, 3.05) is 26.3 Å². The van der Waals surface area contributed by atoms with Gasteiger partial charge in [0.05, 0.1) is 22.3 Å². The minimum Gasteiger partial charge on any atom is -0.454 e. The van der Waals surface area contributed by atoms with Crippen LogP contribution in [0.4, 0.5) is 0 Å². The Morgan fingerprint density at radius 1 is 1.43 bits per heavy atom. The van der Waals surface area contributed by atoms with Crippen LogP contribution in [0.3, 0.4) is 0 Å². The molecular weight excluding hydrogens is 338 g/mol. The number of ether oxygens (including phenoxy) is 3. The van der Waals surface area contributed by atoms with E-state index in [0.717, 1.165) is 5.56 Å². The Balaban J connectivity index is 2.03. The Bertz CT molecular complexity index is 748. The smallest absolute Gasteiger partial charge is 0.231 e. The van der Waals surface area contributed by atoms with Crippen LogP contribution in [0.15, 0.2) is 18.2 Å². The Hall–Kier alpha value is -1.38. The van der Waals surface area contributed by atoms with Crippen molar-refractivity contribution in [2.24, 2.45) is 11.1 Å². The molecule has 1 aromatic rings. The molecule has 0 bridgehead atoms. The highest BCUT2D eigenvalue weighted by Gasteiger charge is 2.72. The number of benzene rings is 1. The topological polar surface area (TPSA) is 87.8 Å². The van der Waals surface area contributed by atoms with Crippen molar-refractivity contribution in [1.82, 2.24) is 0 Å². The third-order valence-electron chi connectivity index (χ3n) is 4.48. The van der Waals surface area contributed by atoms with E-state index in [2.05, 4.69) is 0 Å². The monoisotopic (exact) mass is 357 g/mol. The van der Waals surface area contributed by atoms with E-state index >= 15 is 0 Å². The number of fused-ring (bicyclic) bond motifs is 1. The minimum absolute atomic E-state index is 0.165. The van der Waals surface area contributed by atoms with Crippen LogP contribution >= 0.6 is 12.2 Å². The van der Waals surface area contributed by atoms with E-state index in [1.807, 2.05) is 13.0 Å². The Morgan fingerprint density at radius 2 is 2.13 bits per heavy atom. The van der Waals surface area contributed by atoms with E-state index in [-0.39, 0.29) is 24.3 Å². The molecule has 3 rings (SSSR count). The van der Waals surface area contributed by atoms with Gasteiger partial charge in [-0.15, -0.1) is 0 Å². The lowest BCUT2D eigenvalue weighted by Crippen LogP contribution is -2.33. The molecule has 0 amide bonds. The minimum atomic E-state index is -3.34. The molecule has 0 unspecified atom stereocenters. The summed E-state index contributed by atoms with van der Waals surface area (Å²) < 4.78 is 40.7. The molecule has 2 N–H and O–H groups in total. The lowest BCUT2D eigenvalue weighted by atomic mass is 9.99. The zero-order chi connectivity index (χ0) is 16.8. The van der Waals surface area contributed by atoms with Gasteiger partial charge in [-0.1, -0.05) is 18.3 Å². The molecule has 1 aromatic carbocycles. The fourth-order valence-corrected chi connectivity index (χ4v) is 5.73. The van der Waals surface area contributed by atoms with E-state index in [9.17, 15) is 8.42 Å². The molecule has 0 radical (unpaired) electrons. The maximum absolute atomic E-state index is 12.3. The molecule has 1 aliphatic carbocycles. The molecule has 23 heavy (non-hydrogen) atoms. The van der Waals surface area contributed by atoms with Crippen molar-refractivity contribution in [1.29, 1.82) is 0 Å². The normalized spacial score (nSPS) is 28.6. The Kier molecular flexibility index (Phi) is 4.02. The molecule has 1 heterocycles. The van der Waals surface area contributed by atoms with Crippen molar-refractivity contribution in [3.8, 4) is 11.5 Å². The summed E-state index contributed by atoms with van der Waals surface area (Å²) in [5.74, 6) is 0.919. The molecule has 1 fully saturated rings. The molecular formula is C15H19NO5S2. The van der Waals surface area contributed by atoms with Gasteiger partial charge in [-0.2, -0.15) is 0 Å². The molecule has 0 saturated heterocycles. The summed E-state index contributed by atoms with van der Waals surface area (Å²) in [4.78, 5) is 0.170. The first-order valence-electron chi connectivity index (χ1n) is 7.28. The van der Waals surface area contributed by atoms with Gasteiger partial charge in [-0.05, 0) is 24.6 Å². The van der Waals surface area contributed by atoms with E-state index in [4.69, 9.17) is 32.2 Å². The molecule has 0 aromatic heterocycles. The number of thiocarbonyl (C=S) groups is 1. The zero-order valence-electron chi connectivity index (χ0n) is 12.9. The van der Waals surface area contributed by atoms with Crippen molar-refractivity contribution < 1.29 is 22.6 Å². The highest BCUT2D eigenvalue weighted by molar-refractivity contribution is 7.92. The van der Waals surface area contributed by atoms with E-state index < -0.39 is 20.5 Å². The Morgan fingerprint density at radius 3 is 2.74 bits per heavy atom. The van der Waals surface area contributed by atoms with Gasteiger partial charge < -0.3 is 19.9 Å². The fourth-order valence-electron chi connectivity index (χ4n) is 3.42. The quantitative estimate of drug-likeness (QED) is 0.766. The van der Waals surface area contributed by atoms with Crippen molar-refractivity contribution >= 4 is 27.0 Å². The summed E-state index contributed by atoms with van der Waals surface area (Å²) in [5.41, 5.74) is 5.88. The van der Waals surface area contributed by atoms with Gasteiger partial charge >= 0.3 is 0 Å². The van der Waals surface area contributed by atoms with Gasteiger partial charge in [0, 0.05) is 18.8 Å². The summed E-state index contributed by atoms with van der Waals surface area (Å²) >= 11 is 5.21. The van der Waals surface area contributed by atoms with Crippen molar-refractivity contribution in [3.63, 3.8) is 0 Å². The van der Waals surface area contributed by atoms with Gasteiger partial charge in [-0.25, -0.2) is 8.42 Å². The third-order valence-corrected chi connectivity index (χ3v) is 6.47. The molecule has 1 saturated carbocycles. The Labute approximate surface area is 140 Å². The molecule has 0 spiro atoms. The number of rotatable bonds is 6. The molecule has 126 valence electrons. The predicted molar refractivity (Wildman–Crippen MR) is 89.6 cm³/mol. The molecule has 2 aliphatic rings. The van der Waals surface area contributed by atoms with Gasteiger partial charge in [0.25, 0.3) is 0 Å². The van der Waals surface area contributed by atoms with Crippen LogP contribution in [0, 0.1) is 5.41 Å². The van der Waals surface area contributed by atoms with Gasteiger partial charge in [-0.3, -0.25) is 0 Å². The first kappa shape index (κ1) is 16.5. The highest BCUT2D eigenvalue weighted by atomic mass is 32.2. The standard InChI is InChI=1S/C15H19NO5S2/c1-3-19-7-15(14(16)22)12(13(15)23(2,17)18)9-4-5-10-11(6-9)21-8-20-10/h4-6,12-13H,3,7-8H2,1-2H3,(H2,16,22)/t12-,13+,15-/m1/s1. The first-order chi connectivity index (χ1) is 10.8. The average molecular weight is 357 g/mol. The lowest BCUT2D eigenvalue weighted by Gasteiger charge is -2.16. The number of sulfone groups is 1. The molecule has 6 nitrogen and oxygen atoms in total. The third kappa shape index (κ3) is 2.58. The summed E-state index contributed by atoms with van der Waals surface area (Å²) in [5, 5.41) is -0.681. The van der Waals surface area contributed by atoms with Crippen molar-refractivity contribution in [3.05, 3.63) is 23.8 Å². The SMILES string of the molecule is CCOC[C@@]1(C(N)=S)[C@H](c2ccc3c(c2)OCO3)[C@@H]1S(C)(=O)=O. The van der Waals surface area contributed by atoms with Crippen molar-refractivity contribution in [2.45, 2.75) is 18.1 Å². The first-order valence-corrected chi connectivity index (χ1v) is 9.64. The second-order valence-corrected chi connectivity index (χ2v) is 8.49. The van der Waals surface area contributed by atoms with E-state index in [0.29, 0.717) is 18.1 Å². The van der Waals surface area contributed by atoms with Crippen LogP contribution in [0.1, 0.15) is 18.4 Å². The summed E-state index contributed by atoms with van der Waals surface area (Å²) in [6.45, 7) is 2.67. The van der Waals surface area contributed by atoms with Crippen LogP contribution in [0.5, 0.6) is 11.5 Å². The molecule has 3 atom stereocenters. The van der Waals surface area contributed by atoms with Gasteiger partial charge in [0.2, 0.25) is 6.79 Å². The summed E-state index contributed by atoms with van der Waals surface area (Å²) in [6.07, 6.45) is 1.21. The fraction of sp³-hybridized carbons (Fsp3) is 0.533. The van der Waals surface area contributed by atoms with E-state index in [1.165, 1.54) is 6.26 Å². The zero-order valence-corrected chi connectivity index (χ0v) is 14.6. The summed E-state index contributed by atoms with van der Waals surface area (Å²) in [7, 11) is -3.34. The largest absolute Gasteiger partial charge is 0.454 e. The number of hydrogen-bond acceptors (Lipinski definition) is 6. The van der Waals surface area contributed by atoms with E-state index in [1.54, 1.807) is 12.1 Å². The van der Waals surface area contributed by atoms with Crippen LogP contribution in [0.2, 0.25) is 0 Å².